The lowest BCUT2D eigenvalue weighted by Gasteiger charge is -2.20. The van der Waals surface area contributed by atoms with Crippen LogP contribution in [0.4, 0.5) is 5.00 Å². The van der Waals surface area contributed by atoms with Crippen LogP contribution in [0, 0.1) is 5.41 Å². The van der Waals surface area contributed by atoms with Gasteiger partial charge in [-0.2, -0.15) is 0 Å². The van der Waals surface area contributed by atoms with E-state index < -0.39 is 35.9 Å². The number of nitrogens with one attached hydrogen (secondary N) is 2. The molecule has 1 heterocycles. The summed E-state index contributed by atoms with van der Waals surface area (Å²) in [4.78, 5) is 49.2. The van der Waals surface area contributed by atoms with Gasteiger partial charge in [0.25, 0.3) is 5.91 Å². The van der Waals surface area contributed by atoms with Gasteiger partial charge in [-0.1, -0.05) is 50.6 Å². The third-order valence-corrected chi connectivity index (χ3v) is 5.64. The number of esters is 2. The van der Waals surface area contributed by atoms with E-state index in [9.17, 15) is 19.2 Å². The van der Waals surface area contributed by atoms with Crippen molar-refractivity contribution in [2.24, 2.45) is 5.41 Å². The molecule has 178 valence electrons. The van der Waals surface area contributed by atoms with E-state index in [0.717, 1.165) is 11.3 Å². The van der Waals surface area contributed by atoms with Gasteiger partial charge in [-0.15, -0.1) is 11.3 Å². The number of carbonyl (C=O) groups is 4. The van der Waals surface area contributed by atoms with Crippen molar-refractivity contribution in [1.29, 1.82) is 0 Å². The molecule has 0 saturated heterocycles. The average Bonchev–Trinajstić information content (AvgIpc) is 3.14. The highest BCUT2D eigenvalue weighted by Gasteiger charge is 2.27. The quantitative estimate of drug-likeness (QED) is 0.530. The Morgan fingerprint density at radius 1 is 1.09 bits per heavy atom. The summed E-state index contributed by atoms with van der Waals surface area (Å²) >= 11 is 7.41. The van der Waals surface area contributed by atoms with Crippen LogP contribution in [-0.4, -0.2) is 43.0 Å². The van der Waals surface area contributed by atoms with Crippen molar-refractivity contribution in [3.05, 3.63) is 40.2 Å². The molecule has 0 fully saturated rings. The van der Waals surface area contributed by atoms with Crippen molar-refractivity contribution < 1.29 is 28.7 Å². The molecule has 33 heavy (non-hydrogen) atoms. The van der Waals surface area contributed by atoms with Gasteiger partial charge in [-0.3, -0.25) is 9.59 Å². The minimum Gasteiger partial charge on any atom is -0.462 e. The summed E-state index contributed by atoms with van der Waals surface area (Å²) in [6.45, 7) is 7.86. The van der Waals surface area contributed by atoms with Crippen molar-refractivity contribution in [3.8, 4) is 11.1 Å². The zero-order valence-electron chi connectivity index (χ0n) is 19.1. The second kappa shape index (κ2) is 11.3. The van der Waals surface area contributed by atoms with Crippen LogP contribution in [0.5, 0.6) is 0 Å². The molecule has 2 N–H and O–H groups in total. The molecule has 10 heteroatoms. The molecule has 0 radical (unpaired) electrons. The molecular formula is C23H27ClN2O6S. The largest absolute Gasteiger partial charge is 0.462 e. The van der Waals surface area contributed by atoms with Gasteiger partial charge in [-0.25, -0.2) is 9.59 Å². The number of anilines is 1. The van der Waals surface area contributed by atoms with E-state index in [1.807, 2.05) is 0 Å². The van der Waals surface area contributed by atoms with E-state index in [1.165, 1.54) is 6.92 Å². The maximum absolute atomic E-state index is 12.6. The smallest absolute Gasteiger partial charge is 0.341 e. The third-order valence-electron chi connectivity index (χ3n) is 4.42. The van der Waals surface area contributed by atoms with Crippen LogP contribution in [0.25, 0.3) is 11.1 Å². The number of benzene rings is 1. The van der Waals surface area contributed by atoms with E-state index in [4.69, 9.17) is 21.1 Å². The van der Waals surface area contributed by atoms with Gasteiger partial charge >= 0.3 is 11.9 Å². The highest BCUT2D eigenvalue weighted by atomic mass is 35.5. The first-order valence-corrected chi connectivity index (χ1v) is 11.5. The Balaban J connectivity index is 2.11. The summed E-state index contributed by atoms with van der Waals surface area (Å²) in [6, 6.07) is 6.08. The predicted octanol–water partition coefficient (Wildman–Crippen LogP) is 4.28. The Bertz CT molecular complexity index is 1040. The maximum atomic E-state index is 12.6. The molecule has 2 aromatic rings. The minimum atomic E-state index is -0.923. The fraction of sp³-hybridized carbons (Fsp3) is 0.391. The lowest BCUT2D eigenvalue weighted by molar-refractivity contribution is -0.150. The molecule has 0 bridgehead atoms. The van der Waals surface area contributed by atoms with Gasteiger partial charge < -0.3 is 20.1 Å². The first kappa shape index (κ1) is 26.3. The molecule has 0 unspecified atom stereocenters. The summed E-state index contributed by atoms with van der Waals surface area (Å²) < 4.78 is 10.2. The summed E-state index contributed by atoms with van der Waals surface area (Å²) in [5.74, 6) is -2.33. The van der Waals surface area contributed by atoms with Crippen molar-refractivity contribution >= 4 is 51.7 Å². The molecule has 0 aliphatic carbocycles. The molecule has 0 aliphatic heterocycles. The molecular weight excluding hydrogens is 468 g/mol. The highest BCUT2D eigenvalue weighted by Crippen LogP contribution is 2.39. The Hall–Kier alpha value is -2.91. The summed E-state index contributed by atoms with van der Waals surface area (Å²) in [5.41, 5.74) is 0.637. The molecule has 2 amide bonds. The Labute approximate surface area is 201 Å². The molecule has 8 nitrogen and oxygen atoms in total. The SMILES string of the molecule is CCOC(=O)c1c(-c2ccccc2Cl)csc1NC(=O)COC(=O)[C@H](C)NC(=O)C(C)(C)C. The zero-order chi connectivity index (χ0) is 24.8. The third kappa shape index (κ3) is 7.03. The van der Waals surface area contributed by atoms with E-state index in [0.29, 0.717) is 16.1 Å². The monoisotopic (exact) mass is 494 g/mol. The number of ether oxygens (including phenoxy) is 2. The molecule has 1 aromatic heterocycles. The van der Waals surface area contributed by atoms with Crippen LogP contribution < -0.4 is 10.6 Å². The van der Waals surface area contributed by atoms with Crippen molar-refractivity contribution in [2.75, 3.05) is 18.5 Å². The van der Waals surface area contributed by atoms with Crippen LogP contribution in [0.1, 0.15) is 45.0 Å². The summed E-state index contributed by atoms with van der Waals surface area (Å²) in [7, 11) is 0. The summed E-state index contributed by atoms with van der Waals surface area (Å²) in [5, 5.41) is 7.52. The molecule has 2 rings (SSSR count). The van der Waals surface area contributed by atoms with Crippen LogP contribution >= 0.6 is 22.9 Å². The van der Waals surface area contributed by atoms with E-state index in [-0.39, 0.29) is 23.1 Å². The topological polar surface area (TPSA) is 111 Å². The number of halogens is 1. The van der Waals surface area contributed by atoms with E-state index >= 15 is 0 Å². The normalized spacial score (nSPS) is 11.9. The van der Waals surface area contributed by atoms with Gasteiger partial charge in [0.05, 0.1) is 6.61 Å². The van der Waals surface area contributed by atoms with Gasteiger partial charge in [0.15, 0.2) is 6.61 Å². The van der Waals surface area contributed by atoms with Crippen LogP contribution in [0.2, 0.25) is 5.02 Å². The Kier molecular flexibility index (Phi) is 9.01. The molecule has 1 atom stereocenters. The van der Waals surface area contributed by atoms with E-state index in [2.05, 4.69) is 10.6 Å². The molecule has 0 aliphatic rings. The number of thiophene rings is 1. The lowest BCUT2D eigenvalue weighted by atomic mass is 9.95. The fourth-order valence-electron chi connectivity index (χ4n) is 2.63. The van der Waals surface area contributed by atoms with Crippen molar-refractivity contribution in [3.63, 3.8) is 0 Å². The number of hydrogen-bond acceptors (Lipinski definition) is 7. The van der Waals surface area contributed by atoms with Gasteiger partial charge in [-0.05, 0) is 19.9 Å². The number of carbonyl (C=O) groups excluding carboxylic acids is 4. The van der Waals surface area contributed by atoms with Crippen LogP contribution in [0.3, 0.4) is 0 Å². The van der Waals surface area contributed by atoms with E-state index in [1.54, 1.807) is 57.3 Å². The van der Waals surface area contributed by atoms with Crippen LogP contribution in [-0.2, 0) is 23.9 Å². The first-order valence-electron chi connectivity index (χ1n) is 10.3. The maximum Gasteiger partial charge on any atom is 0.341 e. The summed E-state index contributed by atoms with van der Waals surface area (Å²) in [6.07, 6.45) is 0. The zero-order valence-corrected chi connectivity index (χ0v) is 20.7. The predicted molar refractivity (Wildman–Crippen MR) is 127 cm³/mol. The van der Waals surface area contributed by atoms with Crippen molar-refractivity contribution in [2.45, 2.75) is 40.7 Å². The second-order valence-electron chi connectivity index (χ2n) is 8.15. The molecule has 0 spiro atoms. The minimum absolute atomic E-state index is 0.153. The second-order valence-corrected chi connectivity index (χ2v) is 9.44. The molecule has 0 saturated carbocycles. The number of hydrogen-bond donors (Lipinski definition) is 2. The molecule has 1 aromatic carbocycles. The Morgan fingerprint density at radius 2 is 1.76 bits per heavy atom. The van der Waals surface area contributed by atoms with Gasteiger partial charge in [0.2, 0.25) is 5.91 Å². The van der Waals surface area contributed by atoms with Crippen LogP contribution in [0.15, 0.2) is 29.6 Å². The fourth-order valence-corrected chi connectivity index (χ4v) is 3.83. The highest BCUT2D eigenvalue weighted by molar-refractivity contribution is 7.15. The standard InChI is InChI=1S/C23H27ClN2O6S/c1-6-31-21(29)18-15(14-9-7-8-10-16(14)24)12-33-19(18)26-17(27)11-32-20(28)13(2)25-22(30)23(3,4)5/h7-10,12-13H,6,11H2,1-5H3,(H,25,30)(H,26,27)/t13-/m0/s1. The van der Waals surface area contributed by atoms with Gasteiger partial charge in [0.1, 0.15) is 16.6 Å². The number of rotatable bonds is 8. The number of amides is 2. The Morgan fingerprint density at radius 3 is 2.36 bits per heavy atom. The average molecular weight is 495 g/mol. The first-order chi connectivity index (χ1) is 15.5. The van der Waals surface area contributed by atoms with Gasteiger partial charge in [0, 0.05) is 26.9 Å². The lowest BCUT2D eigenvalue weighted by Crippen LogP contribution is -2.45. The van der Waals surface area contributed by atoms with Crippen molar-refractivity contribution in [1.82, 2.24) is 5.32 Å².